The molecular weight excluding hydrogens is 214 g/mol. The van der Waals surface area contributed by atoms with Crippen molar-refractivity contribution in [1.82, 2.24) is 0 Å². The standard InChI is InChI=1S/C13H17N3O/c1-17-12-3-2-6-16(9-12)11-4-5-13(15)10(7-11)8-14/h4-5,7,12H,2-3,6,9,15H2,1H3. The normalized spacial score (nSPS) is 20.0. The van der Waals surface area contributed by atoms with E-state index in [1.807, 2.05) is 12.1 Å². The molecule has 1 fully saturated rings. The number of nitriles is 1. The van der Waals surface area contributed by atoms with E-state index >= 15 is 0 Å². The summed E-state index contributed by atoms with van der Waals surface area (Å²) < 4.78 is 5.39. The molecule has 0 radical (unpaired) electrons. The van der Waals surface area contributed by atoms with E-state index in [0.29, 0.717) is 11.3 Å². The van der Waals surface area contributed by atoms with Gasteiger partial charge in [0.2, 0.25) is 0 Å². The van der Waals surface area contributed by atoms with E-state index < -0.39 is 0 Å². The summed E-state index contributed by atoms with van der Waals surface area (Å²) >= 11 is 0. The second kappa shape index (κ2) is 5.07. The first-order valence-electron chi connectivity index (χ1n) is 5.82. The molecule has 17 heavy (non-hydrogen) atoms. The fraction of sp³-hybridized carbons (Fsp3) is 0.462. The second-order valence-electron chi connectivity index (χ2n) is 4.33. The zero-order chi connectivity index (χ0) is 12.3. The zero-order valence-electron chi connectivity index (χ0n) is 10.0. The Balaban J connectivity index is 2.19. The Morgan fingerprint density at radius 3 is 3.06 bits per heavy atom. The molecule has 2 N–H and O–H groups in total. The average Bonchev–Trinajstić information content (AvgIpc) is 2.39. The van der Waals surface area contributed by atoms with Crippen LogP contribution in [0.4, 0.5) is 11.4 Å². The van der Waals surface area contributed by atoms with Gasteiger partial charge < -0.3 is 15.4 Å². The predicted octanol–water partition coefficient (Wildman–Crippen LogP) is 1.76. The Morgan fingerprint density at radius 1 is 1.53 bits per heavy atom. The lowest BCUT2D eigenvalue weighted by Crippen LogP contribution is -2.39. The molecule has 0 bridgehead atoms. The van der Waals surface area contributed by atoms with Crippen molar-refractivity contribution in [2.45, 2.75) is 18.9 Å². The molecule has 4 heteroatoms. The highest BCUT2D eigenvalue weighted by Gasteiger charge is 2.20. The second-order valence-corrected chi connectivity index (χ2v) is 4.33. The number of hydrogen-bond donors (Lipinski definition) is 1. The average molecular weight is 231 g/mol. The van der Waals surface area contributed by atoms with Crippen LogP contribution in [-0.4, -0.2) is 26.3 Å². The lowest BCUT2D eigenvalue weighted by atomic mass is 10.1. The quantitative estimate of drug-likeness (QED) is 0.788. The van der Waals surface area contributed by atoms with Gasteiger partial charge in [-0.1, -0.05) is 0 Å². The van der Waals surface area contributed by atoms with Crippen molar-refractivity contribution in [1.29, 1.82) is 5.26 Å². The van der Waals surface area contributed by atoms with E-state index in [1.165, 1.54) is 0 Å². The fourth-order valence-corrected chi connectivity index (χ4v) is 2.20. The first kappa shape index (κ1) is 11.7. The van der Waals surface area contributed by atoms with E-state index in [1.54, 1.807) is 13.2 Å². The first-order valence-corrected chi connectivity index (χ1v) is 5.82. The summed E-state index contributed by atoms with van der Waals surface area (Å²) in [5, 5.41) is 8.97. The van der Waals surface area contributed by atoms with E-state index in [9.17, 15) is 0 Å². The van der Waals surface area contributed by atoms with Crippen LogP contribution in [-0.2, 0) is 4.74 Å². The number of ether oxygens (including phenoxy) is 1. The van der Waals surface area contributed by atoms with Crippen LogP contribution in [0.2, 0.25) is 0 Å². The van der Waals surface area contributed by atoms with Crippen molar-refractivity contribution in [2.75, 3.05) is 30.8 Å². The predicted molar refractivity (Wildman–Crippen MR) is 67.8 cm³/mol. The number of nitrogen functional groups attached to an aromatic ring is 1. The van der Waals surface area contributed by atoms with Gasteiger partial charge in [0.25, 0.3) is 0 Å². The third kappa shape index (κ3) is 2.51. The number of anilines is 2. The first-order chi connectivity index (χ1) is 8.24. The summed E-state index contributed by atoms with van der Waals surface area (Å²) in [7, 11) is 1.75. The van der Waals surface area contributed by atoms with E-state index in [4.69, 9.17) is 15.7 Å². The maximum absolute atomic E-state index is 8.97. The third-order valence-electron chi connectivity index (χ3n) is 3.23. The molecule has 0 spiro atoms. The van der Waals surface area contributed by atoms with Crippen molar-refractivity contribution in [2.24, 2.45) is 0 Å². The van der Waals surface area contributed by atoms with E-state index in [0.717, 1.165) is 31.6 Å². The molecule has 0 aliphatic carbocycles. The van der Waals surface area contributed by atoms with Crippen molar-refractivity contribution in [3.05, 3.63) is 23.8 Å². The molecule has 90 valence electrons. The molecule has 0 aromatic heterocycles. The molecule has 4 nitrogen and oxygen atoms in total. The van der Waals surface area contributed by atoms with Gasteiger partial charge in [-0.05, 0) is 31.0 Å². The van der Waals surface area contributed by atoms with Gasteiger partial charge in [-0.3, -0.25) is 0 Å². The Bertz CT molecular complexity index is 439. The molecule has 1 atom stereocenters. The number of nitrogens with two attached hydrogens (primary N) is 1. The summed E-state index contributed by atoms with van der Waals surface area (Å²) in [6.07, 6.45) is 2.50. The van der Waals surface area contributed by atoms with Gasteiger partial charge in [-0.2, -0.15) is 5.26 Å². The third-order valence-corrected chi connectivity index (χ3v) is 3.23. The minimum atomic E-state index is 0.284. The lowest BCUT2D eigenvalue weighted by Gasteiger charge is -2.33. The Morgan fingerprint density at radius 2 is 2.35 bits per heavy atom. The van der Waals surface area contributed by atoms with Crippen molar-refractivity contribution >= 4 is 11.4 Å². The van der Waals surface area contributed by atoms with Gasteiger partial charge in [-0.15, -0.1) is 0 Å². The van der Waals surface area contributed by atoms with Crippen LogP contribution >= 0.6 is 0 Å². The van der Waals surface area contributed by atoms with E-state index in [-0.39, 0.29) is 6.10 Å². The minimum Gasteiger partial charge on any atom is -0.398 e. The van der Waals surface area contributed by atoms with Crippen LogP contribution in [0.5, 0.6) is 0 Å². The number of benzene rings is 1. The highest BCUT2D eigenvalue weighted by atomic mass is 16.5. The molecule has 1 aromatic carbocycles. The largest absolute Gasteiger partial charge is 0.398 e. The number of methoxy groups -OCH3 is 1. The van der Waals surface area contributed by atoms with Crippen LogP contribution in [0.15, 0.2) is 18.2 Å². The van der Waals surface area contributed by atoms with Crippen LogP contribution in [0, 0.1) is 11.3 Å². The maximum Gasteiger partial charge on any atom is 0.101 e. The van der Waals surface area contributed by atoms with Crippen LogP contribution in [0.3, 0.4) is 0 Å². The van der Waals surface area contributed by atoms with Gasteiger partial charge in [0, 0.05) is 31.6 Å². The van der Waals surface area contributed by atoms with Crippen LogP contribution in [0.25, 0.3) is 0 Å². The van der Waals surface area contributed by atoms with Gasteiger partial charge in [-0.25, -0.2) is 0 Å². The maximum atomic E-state index is 8.97. The molecule has 0 saturated carbocycles. The smallest absolute Gasteiger partial charge is 0.101 e. The van der Waals surface area contributed by atoms with Crippen LogP contribution in [0.1, 0.15) is 18.4 Å². The molecule has 1 aliphatic heterocycles. The van der Waals surface area contributed by atoms with Crippen LogP contribution < -0.4 is 10.6 Å². The molecule has 1 aliphatic rings. The fourth-order valence-electron chi connectivity index (χ4n) is 2.20. The van der Waals surface area contributed by atoms with Crippen molar-refractivity contribution in [3.63, 3.8) is 0 Å². The SMILES string of the molecule is COC1CCCN(c2ccc(N)c(C#N)c2)C1. The van der Waals surface area contributed by atoms with Crippen molar-refractivity contribution in [3.8, 4) is 6.07 Å². The molecule has 1 saturated heterocycles. The molecule has 1 heterocycles. The summed E-state index contributed by atoms with van der Waals surface area (Å²) in [4.78, 5) is 2.25. The summed E-state index contributed by atoms with van der Waals surface area (Å²) in [6.45, 7) is 1.89. The summed E-state index contributed by atoms with van der Waals surface area (Å²) in [6, 6.07) is 7.73. The highest BCUT2D eigenvalue weighted by Crippen LogP contribution is 2.24. The number of piperidine rings is 1. The van der Waals surface area contributed by atoms with E-state index in [2.05, 4.69) is 11.0 Å². The van der Waals surface area contributed by atoms with Gasteiger partial charge in [0.05, 0.1) is 11.7 Å². The molecule has 1 aromatic rings. The number of rotatable bonds is 2. The zero-order valence-corrected chi connectivity index (χ0v) is 10.0. The molecule has 1 unspecified atom stereocenters. The molecule has 2 rings (SSSR count). The summed E-state index contributed by atoms with van der Waals surface area (Å²) in [5.74, 6) is 0. The molecule has 0 amide bonds. The Hall–Kier alpha value is -1.73. The topological polar surface area (TPSA) is 62.3 Å². The van der Waals surface area contributed by atoms with Gasteiger partial charge in [0.1, 0.15) is 6.07 Å². The summed E-state index contributed by atoms with van der Waals surface area (Å²) in [5.41, 5.74) is 7.85. The number of nitrogens with zero attached hydrogens (tertiary/aromatic N) is 2. The van der Waals surface area contributed by atoms with Gasteiger partial charge in [0.15, 0.2) is 0 Å². The monoisotopic (exact) mass is 231 g/mol. The minimum absolute atomic E-state index is 0.284. The van der Waals surface area contributed by atoms with Gasteiger partial charge >= 0.3 is 0 Å². The Kier molecular flexibility index (Phi) is 3.50. The number of hydrogen-bond acceptors (Lipinski definition) is 4. The molecular formula is C13H17N3O. The Labute approximate surface area is 102 Å². The van der Waals surface area contributed by atoms with Crippen molar-refractivity contribution < 1.29 is 4.74 Å². The lowest BCUT2D eigenvalue weighted by molar-refractivity contribution is 0.0893. The highest BCUT2D eigenvalue weighted by molar-refractivity contribution is 5.62.